The summed E-state index contributed by atoms with van der Waals surface area (Å²) in [6.07, 6.45) is 5.14. The van der Waals surface area contributed by atoms with E-state index in [4.69, 9.17) is 5.41 Å². The second-order valence-electron chi connectivity index (χ2n) is 8.12. The molecule has 8 heteroatoms. The predicted molar refractivity (Wildman–Crippen MR) is 133 cm³/mol. The average molecular weight is 455 g/mol. The molecule has 0 unspecified atom stereocenters. The molecular weight excluding hydrogens is 432 g/mol. The fourth-order valence-corrected chi connectivity index (χ4v) is 4.90. The Hall–Kier alpha value is -3.78. The number of amidine groups is 2. The molecule has 0 fully saturated rings. The summed E-state index contributed by atoms with van der Waals surface area (Å²) in [5.41, 5.74) is 7.44. The molecule has 2 aliphatic rings. The van der Waals surface area contributed by atoms with Gasteiger partial charge in [-0.05, 0) is 86.5 Å². The molecule has 0 saturated carbocycles. The summed E-state index contributed by atoms with van der Waals surface area (Å²) in [7, 11) is 0. The van der Waals surface area contributed by atoms with Gasteiger partial charge in [-0.1, -0.05) is 12.1 Å². The van der Waals surface area contributed by atoms with Crippen LogP contribution in [0.3, 0.4) is 0 Å². The van der Waals surface area contributed by atoms with Crippen molar-refractivity contribution >= 4 is 39.8 Å². The Bertz CT molecular complexity index is 1410. The highest BCUT2D eigenvalue weighted by Gasteiger charge is 2.36. The molecule has 0 bridgehead atoms. The van der Waals surface area contributed by atoms with Gasteiger partial charge < -0.3 is 4.57 Å². The fraction of sp³-hybridized carbons (Fsp3) is 0.160. The van der Waals surface area contributed by atoms with E-state index >= 15 is 0 Å². The summed E-state index contributed by atoms with van der Waals surface area (Å²) in [6, 6.07) is 12.1. The van der Waals surface area contributed by atoms with Gasteiger partial charge in [-0.25, -0.2) is 0 Å². The zero-order valence-electron chi connectivity index (χ0n) is 18.7. The Morgan fingerprint density at radius 2 is 1.91 bits per heavy atom. The number of carbonyl (C=O) groups is 1. The lowest BCUT2D eigenvalue weighted by atomic mass is 10.1. The van der Waals surface area contributed by atoms with Crippen molar-refractivity contribution in [2.45, 2.75) is 27.7 Å². The Morgan fingerprint density at radius 1 is 1.09 bits per heavy atom. The average Bonchev–Trinajstić information content (AvgIpc) is 3.34. The first-order chi connectivity index (χ1) is 15.8. The van der Waals surface area contributed by atoms with Gasteiger partial charge in [0.15, 0.2) is 5.84 Å². The number of benzene rings is 1. The third kappa shape index (κ3) is 3.62. The van der Waals surface area contributed by atoms with Crippen molar-refractivity contribution in [3.05, 3.63) is 88.0 Å². The maximum Gasteiger partial charge on any atom is 0.283 e. The van der Waals surface area contributed by atoms with Crippen molar-refractivity contribution in [3.8, 4) is 5.69 Å². The van der Waals surface area contributed by atoms with Gasteiger partial charge >= 0.3 is 0 Å². The van der Waals surface area contributed by atoms with Gasteiger partial charge in [-0.15, -0.1) is 0 Å². The highest BCUT2D eigenvalue weighted by atomic mass is 32.2. The van der Waals surface area contributed by atoms with Crippen LogP contribution in [-0.2, 0) is 4.79 Å². The van der Waals surface area contributed by atoms with E-state index in [0.29, 0.717) is 10.2 Å². The van der Waals surface area contributed by atoms with Gasteiger partial charge in [-0.3, -0.25) is 15.2 Å². The topological polar surface area (TPSA) is 86.7 Å². The number of amides is 1. The van der Waals surface area contributed by atoms with Crippen molar-refractivity contribution in [2.75, 3.05) is 0 Å². The molecule has 1 N–H and O–H groups in total. The zero-order valence-corrected chi connectivity index (χ0v) is 19.6. The first-order valence-electron chi connectivity index (χ1n) is 10.5. The Kier molecular flexibility index (Phi) is 5.09. The molecule has 4 heterocycles. The largest absolute Gasteiger partial charge is 0.318 e. The molecule has 0 radical (unpaired) electrons. The summed E-state index contributed by atoms with van der Waals surface area (Å²) in [5.74, 6) is -0.411. The normalized spacial score (nSPS) is 16.8. The molecule has 5 rings (SSSR count). The summed E-state index contributed by atoms with van der Waals surface area (Å²) in [5, 5.41) is 15.7. The van der Waals surface area contributed by atoms with E-state index in [2.05, 4.69) is 51.7 Å². The van der Waals surface area contributed by atoms with E-state index in [1.165, 1.54) is 27.9 Å². The van der Waals surface area contributed by atoms with Crippen molar-refractivity contribution < 1.29 is 4.79 Å². The lowest BCUT2D eigenvalue weighted by Gasteiger charge is -2.20. The molecule has 164 valence electrons. The van der Waals surface area contributed by atoms with Crippen LogP contribution in [0.4, 0.5) is 0 Å². The van der Waals surface area contributed by atoms with Crippen molar-refractivity contribution in [2.24, 2.45) is 10.1 Å². The van der Waals surface area contributed by atoms with E-state index in [9.17, 15) is 4.79 Å². The minimum absolute atomic E-state index is 0.0212. The number of aromatic nitrogens is 2. The molecule has 1 amide bonds. The van der Waals surface area contributed by atoms with Crippen molar-refractivity contribution in [1.29, 1.82) is 5.41 Å². The summed E-state index contributed by atoms with van der Waals surface area (Å²) in [6.45, 7) is 8.23. The number of aliphatic imine (C=N–C) groups is 1. The smallest absolute Gasteiger partial charge is 0.283 e. The number of nitrogens with one attached hydrogen (secondary N) is 1. The molecule has 2 aliphatic heterocycles. The van der Waals surface area contributed by atoms with E-state index in [1.54, 1.807) is 18.5 Å². The maximum absolute atomic E-state index is 12.9. The standard InChI is InChI=1S/C25H22N6OS/c1-14-7-8-15(2)21(10-14)30-16(3)11-19(17(30)4)12-20-22(26)31-25(28-23(20)32)33-24(29-31)18-6-5-9-27-13-18/h5-13,26H,1-4H3/b20-12+,26-22?. The number of hydrogen-bond acceptors (Lipinski definition) is 5. The van der Waals surface area contributed by atoms with Gasteiger partial charge in [0.05, 0.1) is 5.57 Å². The molecule has 1 aromatic carbocycles. The van der Waals surface area contributed by atoms with Gasteiger partial charge in [-0.2, -0.15) is 15.1 Å². The number of hydrazone groups is 1. The summed E-state index contributed by atoms with van der Waals surface area (Å²) < 4.78 is 2.19. The van der Waals surface area contributed by atoms with Gasteiger partial charge in [0.25, 0.3) is 5.91 Å². The number of aryl methyl sites for hydroxylation is 3. The molecule has 0 saturated heterocycles. The van der Waals surface area contributed by atoms with Crippen LogP contribution < -0.4 is 0 Å². The Morgan fingerprint density at radius 3 is 2.67 bits per heavy atom. The monoisotopic (exact) mass is 454 g/mol. The minimum atomic E-state index is -0.432. The minimum Gasteiger partial charge on any atom is -0.318 e. The SMILES string of the molecule is Cc1ccc(C)c(-n2c(C)cc(/C=C3\C(=N)N4N=C(c5cccnc5)SC4=NC3=O)c2C)c1. The lowest BCUT2D eigenvalue weighted by Crippen LogP contribution is -2.35. The molecule has 0 spiro atoms. The second-order valence-corrected chi connectivity index (χ2v) is 9.07. The van der Waals surface area contributed by atoms with Crippen LogP contribution in [0.25, 0.3) is 11.8 Å². The molecule has 0 atom stereocenters. The van der Waals surface area contributed by atoms with Crippen molar-refractivity contribution in [1.82, 2.24) is 14.6 Å². The molecule has 3 aromatic rings. The molecule has 2 aromatic heterocycles. The fourth-order valence-electron chi connectivity index (χ4n) is 4.02. The van der Waals surface area contributed by atoms with Crippen LogP contribution in [0.1, 0.15) is 33.6 Å². The molecule has 7 nitrogen and oxygen atoms in total. The van der Waals surface area contributed by atoms with Crippen LogP contribution >= 0.6 is 11.8 Å². The van der Waals surface area contributed by atoms with Crippen molar-refractivity contribution in [3.63, 3.8) is 0 Å². The van der Waals surface area contributed by atoms with Crippen LogP contribution in [0, 0.1) is 33.1 Å². The second kappa shape index (κ2) is 7.97. The van der Waals surface area contributed by atoms with E-state index in [1.807, 2.05) is 32.0 Å². The van der Waals surface area contributed by atoms with Crippen LogP contribution in [0.15, 0.2) is 64.5 Å². The van der Waals surface area contributed by atoms with E-state index in [0.717, 1.165) is 28.2 Å². The number of fused-ring (bicyclic) bond motifs is 1. The first kappa shape index (κ1) is 21.1. The summed E-state index contributed by atoms with van der Waals surface area (Å²) in [4.78, 5) is 21.2. The molecular formula is C25H22N6OS. The first-order valence-corrected chi connectivity index (χ1v) is 11.3. The number of carbonyl (C=O) groups excluding carboxylic acids is 1. The van der Waals surface area contributed by atoms with Gasteiger partial charge in [0.2, 0.25) is 5.17 Å². The van der Waals surface area contributed by atoms with Crippen LogP contribution in [0.5, 0.6) is 0 Å². The third-order valence-corrected chi connectivity index (χ3v) is 6.70. The quantitative estimate of drug-likeness (QED) is 0.578. The number of thioether (sulfide) groups is 1. The predicted octanol–water partition coefficient (Wildman–Crippen LogP) is 4.77. The number of rotatable bonds is 3. The summed E-state index contributed by atoms with van der Waals surface area (Å²) >= 11 is 1.27. The maximum atomic E-state index is 12.9. The molecule has 33 heavy (non-hydrogen) atoms. The van der Waals surface area contributed by atoms with E-state index in [-0.39, 0.29) is 11.4 Å². The number of pyridine rings is 1. The number of nitrogens with zero attached hydrogens (tertiary/aromatic N) is 5. The lowest BCUT2D eigenvalue weighted by molar-refractivity contribution is -0.114. The molecule has 0 aliphatic carbocycles. The highest BCUT2D eigenvalue weighted by Crippen LogP contribution is 2.32. The Labute approximate surface area is 196 Å². The van der Waals surface area contributed by atoms with E-state index < -0.39 is 5.91 Å². The van der Waals surface area contributed by atoms with Crippen LogP contribution in [-0.4, -0.2) is 36.5 Å². The van der Waals surface area contributed by atoms with Gasteiger partial charge in [0, 0.05) is 35.0 Å². The Balaban J connectivity index is 1.54. The number of hydrogen-bond donors (Lipinski definition) is 1. The van der Waals surface area contributed by atoms with Crippen LogP contribution in [0.2, 0.25) is 0 Å². The third-order valence-electron chi connectivity index (χ3n) is 5.74. The highest BCUT2D eigenvalue weighted by molar-refractivity contribution is 8.27. The van der Waals surface area contributed by atoms with Gasteiger partial charge in [0.1, 0.15) is 5.04 Å². The zero-order chi connectivity index (χ0) is 23.3.